The van der Waals surface area contributed by atoms with Crippen LogP contribution in [0.1, 0.15) is 0 Å². The molecule has 11 rings (SSSR count). The zero-order valence-electron chi connectivity index (χ0n) is 30.8. The maximum atomic E-state index is 6.88. The van der Waals surface area contributed by atoms with E-state index >= 15 is 0 Å². The van der Waals surface area contributed by atoms with Gasteiger partial charge >= 0.3 is 0 Å². The Bertz CT molecular complexity index is 3220. The zero-order chi connectivity index (χ0) is 37.7. The molecule has 4 heteroatoms. The SMILES string of the molecule is c1ccc(-c2nc(-c3ccccc3)nc(-c3ccc(-c4cccc(-c5cc6c7cccc(-c8cccc9ccccc89)c7oc6c6ccccc56)c4)cc3)n2)cc1. The molecule has 11 aromatic rings. The summed E-state index contributed by atoms with van der Waals surface area (Å²) in [4.78, 5) is 14.7. The number of aromatic nitrogens is 3. The van der Waals surface area contributed by atoms with Crippen molar-refractivity contribution in [2.45, 2.75) is 0 Å². The third-order valence-electron chi connectivity index (χ3n) is 10.9. The van der Waals surface area contributed by atoms with E-state index in [2.05, 4.69) is 140 Å². The van der Waals surface area contributed by atoms with E-state index < -0.39 is 0 Å². The van der Waals surface area contributed by atoms with Gasteiger partial charge in [0.05, 0.1) is 0 Å². The molecule has 0 atom stereocenters. The Morgan fingerprint density at radius 3 is 1.46 bits per heavy atom. The quantitative estimate of drug-likeness (QED) is 0.171. The van der Waals surface area contributed by atoms with Gasteiger partial charge in [0.25, 0.3) is 0 Å². The molecule has 0 aliphatic carbocycles. The highest BCUT2D eigenvalue weighted by atomic mass is 16.3. The van der Waals surface area contributed by atoms with Gasteiger partial charge in [0.2, 0.25) is 0 Å². The van der Waals surface area contributed by atoms with E-state index in [9.17, 15) is 0 Å². The highest BCUT2D eigenvalue weighted by Crippen LogP contribution is 2.44. The minimum Gasteiger partial charge on any atom is -0.455 e. The summed E-state index contributed by atoms with van der Waals surface area (Å²) in [6, 6.07) is 69.9. The van der Waals surface area contributed by atoms with E-state index in [0.29, 0.717) is 17.5 Å². The van der Waals surface area contributed by atoms with Crippen LogP contribution in [0, 0.1) is 0 Å². The average molecular weight is 728 g/mol. The summed E-state index contributed by atoms with van der Waals surface area (Å²) in [6.45, 7) is 0. The van der Waals surface area contributed by atoms with E-state index in [4.69, 9.17) is 19.4 Å². The number of nitrogens with zero attached hydrogens (tertiary/aromatic N) is 3. The smallest absolute Gasteiger partial charge is 0.164 e. The van der Waals surface area contributed by atoms with E-state index in [-0.39, 0.29) is 0 Å². The lowest BCUT2D eigenvalue weighted by Gasteiger charge is -2.11. The Hall–Kier alpha value is -7.69. The summed E-state index contributed by atoms with van der Waals surface area (Å²) in [5, 5.41) is 6.90. The average Bonchev–Trinajstić information content (AvgIpc) is 3.68. The maximum absolute atomic E-state index is 6.88. The second kappa shape index (κ2) is 13.6. The van der Waals surface area contributed by atoms with Crippen LogP contribution in [-0.4, -0.2) is 15.0 Å². The van der Waals surface area contributed by atoms with Crippen LogP contribution in [0.25, 0.3) is 111 Å². The number of rotatable bonds is 6. The summed E-state index contributed by atoms with van der Waals surface area (Å²) < 4.78 is 6.88. The fourth-order valence-electron chi connectivity index (χ4n) is 8.15. The first-order chi connectivity index (χ1) is 28.2. The van der Waals surface area contributed by atoms with Crippen LogP contribution in [0.3, 0.4) is 0 Å². The predicted octanol–water partition coefficient (Wildman–Crippen LogP) is 14.1. The normalized spacial score (nSPS) is 11.5. The first-order valence-electron chi connectivity index (χ1n) is 19.2. The molecule has 57 heavy (non-hydrogen) atoms. The molecule has 0 aliphatic heterocycles. The fraction of sp³-hybridized carbons (Fsp3) is 0. The van der Waals surface area contributed by atoms with Crippen molar-refractivity contribution in [3.05, 3.63) is 200 Å². The highest BCUT2D eigenvalue weighted by molar-refractivity contribution is 6.21. The molecule has 2 aromatic heterocycles. The molecule has 0 bridgehead atoms. The molecule has 266 valence electrons. The van der Waals surface area contributed by atoms with Crippen LogP contribution in [0.4, 0.5) is 0 Å². The molecular formula is C53H33N3O. The number of furan rings is 1. The molecular weight excluding hydrogens is 695 g/mol. The van der Waals surface area contributed by atoms with Gasteiger partial charge in [-0.05, 0) is 56.1 Å². The van der Waals surface area contributed by atoms with Crippen LogP contribution in [0.15, 0.2) is 205 Å². The lowest BCUT2D eigenvalue weighted by Crippen LogP contribution is -2.00. The van der Waals surface area contributed by atoms with Crippen LogP contribution in [0.5, 0.6) is 0 Å². The van der Waals surface area contributed by atoms with Crippen molar-refractivity contribution < 1.29 is 4.42 Å². The van der Waals surface area contributed by atoms with Gasteiger partial charge in [0, 0.05) is 38.4 Å². The summed E-state index contributed by atoms with van der Waals surface area (Å²) >= 11 is 0. The Labute approximate surface area is 329 Å². The molecule has 0 N–H and O–H groups in total. The molecule has 0 amide bonds. The molecule has 0 saturated heterocycles. The lowest BCUT2D eigenvalue weighted by molar-refractivity contribution is 0.674. The minimum atomic E-state index is 0.638. The van der Waals surface area contributed by atoms with Crippen LogP contribution >= 0.6 is 0 Å². The molecule has 0 fully saturated rings. The Balaban J connectivity index is 1.00. The van der Waals surface area contributed by atoms with Crippen LogP contribution in [0.2, 0.25) is 0 Å². The molecule has 4 nitrogen and oxygen atoms in total. The second-order valence-electron chi connectivity index (χ2n) is 14.4. The molecule has 9 aromatic carbocycles. The van der Waals surface area contributed by atoms with Gasteiger partial charge < -0.3 is 4.42 Å². The highest BCUT2D eigenvalue weighted by Gasteiger charge is 2.19. The summed E-state index contributed by atoms with van der Waals surface area (Å²) in [6.07, 6.45) is 0. The van der Waals surface area contributed by atoms with Crippen LogP contribution in [-0.2, 0) is 0 Å². The van der Waals surface area contributed by atoms with Gasteiger partial charge in [-0.25, -0.2) is 15.0 Å². The van der Waals surface area contributed by atoms with Crippen molar-refractivity contribution in [2.75, 3.05) is 0 Å². The summed E-state index contributed by atoms with van der Waals surface area (Å²) in [7, 11) is 0. The zero-order valence-corrected chi connectivity index (χ0v) is 30.8. The van der Waals surface area contributed by atoms with Gasteiger partial charge in [-0.2, -0.15) is 0 Å². The first-order valence-corrected chi connectivity index (χ1v) is 19.2. The lowest BCUT2D eigenvalue weighted by atomic mass is 9.92. The standard InChI is InChI=1S/C53H33N3O/c1-3-15-36(16-4-1)51-54-52(37-17-5-2-6-18-37)56-53(55-51)38-30-28-34(29-31-38)39-20-11-21-40(32-39)47-33-48-46-27-13-26-45(42-25-12-19-35-14-7-8-22-41(35)42)49(46)57-50(48)44-24-10-9-23-43(44)47/h1-33H. The molecule has 0 aliphatic rings. The van der Waals surface area contributed by atoms with Crippen molar-refractivity contribution in [3.63, 3.8) is 0 Å². The summed E-state index contributed by atoms with van der Waals surface area (Å²) in [5.41, 5.74) is 11.5. The molecule has 2 heterocycles. The monoisotopic (exact) mass is 727 g/mol. The molecule has 0 spiro atoms. The molecule has 0 unspecified atom stereocenters. The van der Waals surface area contributed by atoms with Crippen molar-refractivity contribution in [3.8, 4) is 67.5 Å². The van der Waals surface area contributed by atoms with Crippen molar-refractivity contribution in [1.29, 1.82) is 0 Å². The second-order valence-corrected chi connectivity index (χ2v) is 14.4. The van der Waals surface area contributed by atoms with Crippen molar-refractivity contribution in [1.82, 2.24) is 15.0 Å². The third kappa shape index (κ3) is 5.74. The Morgan fingerprint density at radius 2 is 0.737 bits per heavy atom. The van der Waals surface area contributed by atoms with E-state index in [1.165, 1.54) is 21.9 Å². The topological polar surface area (TPSA) is 51.8 Å². The van der Waals surface area contributed by atoms with Crippen molar-refractivity contribution in [2.24, 2.45) is 0 Å². The van der Waals surface area contributed by atoms with Crippen molar-refractivity contribution >= 4 is 43.5 Å². The Morgan fingerprint density at radius 1 is 0.263 bits per heavy atom. The molecule has 0 radical (unpaired) electrons. The third-order valence-corrected chi connectivity index (χ3v) is 10.9. The van der Waals surface area contributed by atoms with E-state index in [1.807, 2.05) is 60.7 Å². The van der Waals surface area contributed by atoms with Crippen LogP contribution < -0.4 is 0 Å². The van der Waals surface area contributed by atoms with Gasteiger partial charge in [-0.3, -0.25) is 0 Å². The van der Waals surface area contributed by atoms with Gasteiger partial charge in [-0.15, -0.1) is 0 Å². The number of para-hydroxylation sites is 1. The number of hydrogen-bond donors (Lipinski definition) is 0. The summed E-state index contributed by atoms with van der Waals surface area (Å²) in [5.74, 6) is 1.94. The van der Waals surface area contributed by atoms with E-state index in [1.54, 1.807) is 0 Å². The largest absolute Gasteiger partial charge is 0.455 e. The number of hydrogen-bond acceptors (Lipinski definition) is 4. The number of fused-ring (bicyclic) bond motifs is 6. The first kappa shape index (κ1) is 32.7. The van der Waals surface area contributed by atoms with E-state index in [0.717, 1.165) is 71.7 Å². The fourth-order valence-corrected chi connectivity index (χ4v) is 8.15. The van der Waals surface area contributed by atoms with Gasteiger partial charge in [0.15, 0.2) is 17.5 Å². The minimum absolute atomic E-state index is 0.638. The predicted molar refractivity (Wildman–Crippen MR) is 235 cm³/mol. The number of benzene rings is 9. The maximum Gasteiger partial charge on any atom is 0.164 e. The molecule has 0 saturated carbocycles. The van der Waals surface area contributed by atoms with Gasteiger partial charge in [-0.1, -0.05) is 188 Å². The Kier molecular flexibility index (Phi) is 7.78. The van der Waals surface area contributed by atoms with Gasteiger partial charge in [0.1, 0.15) is 11.2 Å².